The number of nitrogens with two attached hydrogens (primary N) is 2. The van der Waals surface area contributed by atoms with Crippen molar-refractivity contribution in [2.45, 2.75) is 0 Å². The Labute approximate surface area is 92.9 Å². The molecule has 1 aromatic carbocycles. The molecule has 2 aromatic rings. The summed E-state index contributed by atoms with van der Waals surface area (Å²) in [6.45, 7) is 0. The molecule has 0 radical (unpaired) electrons. The zero-order valence-electron chi connectivity index (χ0n) is 8.55. The highest BCUT2D eigenvalue weighted by Gasteiger charge is 2.08. The first-order valence-corrected chi connectivity index (χ1v) is 4.78. The number of carbonyl (C=O) groups excluding carboxylic acids is 1. The largest absolute Gasteiger partial charge is 0.399 e. The summed E-state index contributed by atoms with van der Waals surface area (Å²) in [4.78, 5) is 15.8. The normalized spacial score (nSPS) is 10.0. The molecule has 0 aliphatic carbocycles. The van der Waals surface area contributed by atoms with Crippen LogP contribution in [-0.4, -0.2) is 10.8 Å². The zero-order chi connectivity index (χ0) is 11.5. The minimum atomic E-state index is -0.0903. The standard InChI is InChI=1S/C12H11N3O/c13-10-4-1-8(2-5-10)12(16)9-3-6-11(14)15-7-9/h1-7H,13H2,(H2,14,15). The van der Waals surface area contributed by atoms with E-state index in [4.69, 9.17) is 11.5 Å². The van der Waals surface area contributed by atoms with E-state index in [1.165, 1.54) is 6.20 Å². The van der Waals surface area contributed by atoms with Gasteiger partial charge in [-0.2, -0.15) is 0 Å². The molecule has 0 aliphatic rings. The number of ketones is 1. The summed E-state index contributed by atoms with van der Waals surface area (Å²) in [5, 5.41) is 0. The lowest BCUT2D eigenvalue weighted by Crippen LogP contribution is -2.02. The van der Waals surface area contributed by atoms with Gasteiger partial charge in [0.2, 0.25) is 0 Å². The second-order valence-electron chi connectivity index (χ2n) is 3.42. The third-order valence-corrected chi connectivity index (χ3v) is 2.22. The molecule has 4 heteroatoms. The van der Waals surface area contributed by atoms with E-state index in [-0.39, 0.29) is 5.78 Å². The molecular formula is C12H11N3O. The van der Waals surface area contributed by atoms with Crippen LogP contribution >= 0.6 is 0 Å². The van der Waals surface area contributed by atoms with Crippen molar-refractivity contribution >= 4 is 17.3 Å². The van der Waals surface area contributed by atoms with Crippen molar-refractivity contribution in [2.75, 3.05) is 11.5 Å². The van der Waals surface area contributed by atoms with Gasteiger partial charge < -0.3 is 11.5 Å². The molecule has 16 heavy (non-hydrogen) atoms. The maximum atomic E-state index is 11.9. The molecule has 4 nitrogen and oxygen atoms in total. The van der Waals surface area contributed by atoms with Crippen molar-refractivity contribution < 1.29 is 4.79 Å². The lowest BCUT2D eigenvalue weighted by atomic mass is 10.0. The van der Waals surface area contributed by atoms with Gasteiger partial charge in [0.05, 0.1) is 0 Å². The first kappa shape index (κ1) is 10.2. The highest BCUT2D eigenvalue weighted by molar-refractivity contribution is 6.08. The minimum absolute atomic E-state index is 0.0903. The summed E-state index contributed by atoms with van der Waals surface area (Å²) >= 11 is 0. The summed E-state index contributed by atoms with van der Waals surface area (Å²) in [6, 6.07) is 10.0. The summed E-state index contributed by atoms with van der Waals surface area (Å²) in [5.41, 5.74) is 12.7. The second kappa shape index (κ2) is 4.02. The molecule has 4 N–H and O–H groups in total. The Bertz CT molecular complexity index is 455. The molecule has 0 atom stereocenters. The monoisotopic (exact) mass is 213 g/mol. The molecular weight excluding hydrogens is 202 g/mol. The molecule has 0 saturated heterocycles. The van der Waals surface area contributed by atoms with Gasteiger partial charge in [0, 0.05) is 23.0 Å². The van der Waals surface area contributed by atoms with Gasteiger partial charge >= 0.3 is 0 Å². The van der Waals surface area contributed by atoms with Crippen molar-refractivity contribution in [3.05, 3.63) is 53.7 Å². The van der Waals surface area contributed by atoms with Crippen LogP contribution in [0.5, 0.6) is 0 Å². The summed E-state index contributed by atoms with van der Waals surface area (Å²) in [7, 11) is 0. The number of benzene rings is 1. The molecule has 0 spiro atoms. The Kier molecular flexibility index (Phi) is 2.55. The van der Waals surface area contributed by atoms with E-state index in [0.717, 1.165) is 0 Å². The fourth-order valence-corrected chi connectivity index (χ4v) is 1.34. The number of nitrogens with zero attached hydrogens (tertiary/aromatic N) is 1. The SMILES string of the molecule is Nc1ccc(C(=O)c2ccc(N)nc2)cc1. The predicted octanol–water partition coefficient (Wildman–Crippen LogP) is 1.48. The lowest BCUT2D eigenvalue weighted by Gasteiger charge is -2.01. The summed E-state index contributed by atoms with van der Waals surface area (Å²) in [5.74, 6) is 0.307. The number of hydrogen-bond acceptors (Lipinski definition) is 4. The van der Waals surface area contributed by atoms with Crippen LogP contribution < -0.4 is 11.5 Å². The Balaban J connectivity index is 2.32. The summed E-state index contributed by atoms with van der Waals surface area (Å²) < 4.78 is 0. The average Bonchev–Trinajstić information content (AvgIpc) is 2.30. The van der Waals surface area contributed by atoms with Gasteiger partial charge in [-0.1, -0.05) is 0 Å². The van der Waals surface area contributed by atoms with E-state index in [0.29, 0.717) is 22.6 Å². The van der Waals surface area contributed by atoms with E-state index in [9.17, 15) is 4.79 Å². The van der Waals surface area contributed by atoms with Crippen LogP contribution in [-0.2, 0) is 0 Å². The van der Waals surface area contributed by atoms with E-state index in [1.54, 1.807) is 36.4 Å². The minimum Gasteiger partial charge on any atom is -0.399 e. The lowest BCUT2D eigenvalue weighted by molar-refractivity contribution is 0.103. The van der Waals surface area contributed by atoms with Gasteiger partial charge in [0.15, 0.2) is 5.78 Å². The number of anilines is 2. The first-order valence-electron chi connectivity index (χ1n) is 4.78. The number of pyridine rings is 1. The molecule has 0 unspecified atom stereocenters. The third kappa shape index (κ3) is 2.00. The van der Waals surface area contributed by atoms with Gasteiger partial charge in [-0.25, -0.2) is 4.98 Å². The topological polar surface area (TPSA) is 82.0 Å². The Hall–Kier alpha value is -2.36. The van der Waals surface area contributed by atoms with Crippen molar-refractivity contribution in [3.63, 3.8) is 0 Å². The zero-order valence-corrected chi connectivity index (χ0v) is 8.55. The average molecular weight is 213 g/mol. The van der Waals surface area contributed by atoms with E-state index < -0.39 is 0 Å². The fraction of sp³-hybridized carbons (Fsp3) is 0. The number of aromatic nitrogens is 1. The van der Waals surface area contributed by atoms with Gasteiger partial charge in [0.1, 0.15) is 5.82 Å². The highest BCUT2D eigenvalue weighted by atomic mass is 16.1. The Morgan fingerprint density at radius 3 is 2.12 bits per heavy atom. The first-order chi connectivity index (χ1) is 7.66. The molecule has 0 saturated carbocycles. The van der Waals surface area contributed by atoms with Crippen LogP contribution in [0.1, 0.15) is 15.9 Å². The van der Waals surface area contributed by atoms with E-state index >= 15 is 0 Å². The molecule has 0 bridgehead atoms. The van der Waals surface area contributed by atoms with Gasteiger partial charge in [-0.05, 0) is 36.4 Å². The van der Waals surface area contributed by atoms with Crippen molar-refractivity contribution in [2.24, 2.45) is 0 Å². The van der Waals surface area contributed by atoms with Crippen LogP contribution in [0.3, 0.4) is 0 Å². The number of carbonyl (C=O) groups is 1. The van der Waals surface area contributed by atoms with Crippen molar-refractivity contribution in [1.82, 2.24) is 4.98 Å². The number of nitrogen functional groups attached to an aromatic ring is 2. The highest BCUT2D eigenvalue weighted by Crippen LogP contribution is 2.11. The fourth-order valence-electron chi connectivity index (χ4n) is 1.34. The molecule has 80 valence electrons. The molecule has 0 amide bonds. The quantitative estimate of drug-likeness (QED) is 0.584. The maximum absolute atomic E-state index is 11.9. The number of rotatable bonds is 2. The number of hydrogen-bond donors (Lipinski definition) is 2. The molecule has 2 rings (SSSR count). The van der Waals surface area contributed by atoms with Crippen molar-refractivity contribution in [1.29, 1.82) is 0 Å². The third-order valence-electron chi connectivity index (χ3n) is 2.22. The molecule has 0 fully saturated rings. The maximum Gasteiger partial charge on any atom is 0.194 e. The smallest absolute Gasteiger partial charge is 0.194 e. The van der Waals surface area contributed by atoms with Crippen LogP contribution in [0.4, 0.5) is 11.5 Å². The van der Waals surface area contributed by atoms with E-state index in [2.05, 4.69) is 4.98 Å². The van der Waals surface area contributed by atoms with Crippen LogP contribution in [0.25, 0.3) is 0 Å². The summed E-state index contributed by atoms with van der Waals surface area (Å²) in [6.07, 6.45) is 1.47. The van der Waals surface area contributed by atoms with Crippen LogP contribution in [0, 0.1) is 0 Å². The Morgan fingerprint density at radius 2 is 1.56 bits per heavy atom. The molecule has 1 heterocycles. The molecule has 1 aromatic heterocycles. The van der Waals surface area contributed by atoms with E-state index in [1.807, 2.05) is 0 Å². The van der Waals surface area contributed by atoms with Gasteiger partial charge in [-0.15, -0.1) is 0 Å². The van der Waals surface area contributed by atoms with Gasteiger partial charge in [-0.3, -0.25) is 4.79 Å². The predicted molar refractivity (Wildman–Crippen MR) is 62.9 cm³/mol. The van der Waals surface area contributed by atoms with Crippen LogP contribution in [0.15, 0.2) is 42.6 Å². The van der Waals surface area contributed by atoms with Crippen molar-refractivity contribution in [3.8, 4) is 0 Å². The van der Waals surface area contributed by atoms with Crippen LogP contribution in [0.2, 0.25) is 0 Å². The van der Waals surface area contributed by atoms with Gasteiger partial charge in [0.25, 0.3) is 0 Å². The molecule has 0 aliphatic heterocycles. The Morgan fingerprint density at radius 1 is 0.938 bits per heavy atom. The second-order valence-corrected chi connectivity index (χ2v) is 3.42.